The van der Waals surface area contributed by atoms with Gasteiger partial charge in [-0.25, -0.2) is 4.79 Å². The van der Waals surface area contributed by atoms with E-state index in [9.17, 15) is 0 Å². The van der Waals surface area contributed by atoms with Gasteiger partial charge in [-0.2, -0.15) is 0 Å². The number of benzene rings is 1. The Kier molecular flexibility index (Phi) is 6.92. The van der Waals surface area contributed by atoms with Crippen molar-refractivity contribution in [1.29, 1.82) is 0 Å². The van der Waals surface area contributed by atoms with Crippen molar-refractivity contribution < 1.29 is 15.0 Å². The first-order valence-corrected chi connectivity index (χ1v) is 5.08. The number of halogens is 2. The maximum absolute atomic E-state index is 8.56. The molecule has 0 unspecified atom stereocenters. The van der Waals surface area contributed by atoms with Crippen molar-refractivity contribution >= 4 is 29.4 Å². The molecule has 0 heterocycles. The van der Waals surface area contributed by atoms with E-state index in [0.29, 0.717) is 10.0 Å². The largest absolute Gasteiger partial charge is 0.503 e. The number of hydrogen-bond acceptors (Lipinski definition) is 1. The maximum Gasteiger partial charge on any atom is 0.503 e. The maximum atomic E-state index is 8.56. The zero-order chi connectivity index (χ0) is 11.8. The van der Waals surface area contributed by atoms with E-state index in [1.165, 1.54) is 5.56 Å². The lowest BCUT2D eigenvalue weighted by Crippen LogP contribution is -1.81. The molecule has 84 valence electrons. The normalized spacial score (nSPS) is 9.00. The molecule has 0 spiro atoms. The third kappa shape index (κ3) is 7.05. The molecule has 0 atom stereocenters. The molecule has 0 amide bonds. The first-order chi connectivity index (χ1) is 6.97. The number of hydrogen-bond donors (Lipinski definition) is 2. The standard InChI is InChI=1S/C9H10Cl2.CH2O3/c1-2-3-7-4-5-8(10)9(11)6-7;2-1(3)4/h4-6H,2-3H2,1H3;(H2,2,3,4). The average Bonchev–Trinajstić information content (AvgIpc) is 2.11. The second-order valence-corrected chi connectivity index (χ2v) is 3.60. The van der Waals surface area contributed by atoms with E-state index in [0.717, 1.165) is 12.8 Å². The molecule has 0 saturated heterocycles. The smallest absolute Gasteiger partial charge is 0.450 e. The van der Waals surface area contributed by atoms with Crippen LogP contribution in [0.2, 0.25) is 10.0 Å². The molecule has 2 N–H and O–H groups in total. The van der Waals surface area contributed by atoms with Crippen molar-refractivity contribution in [3.05, 3.63) is 33.8 Å². The van der Waals surface area contributed by atoms with Crippen LogP contribution in [-0.2, 0) is 6.42 Å². The van der Waals surface area contributed by atoms with Gasteiger partial charge in [0.05, 0.1) is 10.0 Å². The predicted octanol–water partition coefficient (Wildman–Crippen LogP) is 4.17. The third-order valence-corrected chi connectivity index (χ3v) is 2.26. The van der Waals surface area contributed by atoms with Crippen LogP contribution in [0.15, 0.2) is 18.2 Å². The van der Waals surface area contributed by atoms with Crippen LogP contribution in [0, 0.1) is 0 Å². The predicted molar refractivity (Wildman–Crippen MR) is 61.1 cm³/mol. The Morgan fingerprint density at radius 2 is 1.80 bits per heavy atom. The van der Waals surface area contributed by atoms with Gasteiger partial charge in [-0.15, -0.1) is 0 Å². The van der Waals surface area contributed by atoms with E-state index >= 15 is 0 Å². The van der Waals surface area contributed by atoms with Crippen LogP contribution in [0.4, 0.5) is 4.79 Å². The topological polar surface area (TPSA) is 57.5 Å². The lowest BCUT2D eigenvalue weighted by molar-refractivity contribution is 0.137. The zero-order valence-electron chi connectivity index (χ0n) is 8.20. The van der Waals surface area contributed by atoms with Crippen LogP contribution in [-0.4, -0.2) is 16.4 Å². The van der Waals surface area contributed by atoms with Crippen molar-refractivity contribution in [2.24, 2.45) is 0 Å². The van der Waals surface area contributed by atoms with Gasteiger partial charge in [0.2, 0.25) is 0 Å². The first kappa shape index (κ1) is 14.1. The summed E-state index contributed by atoms with van der Waals surface area (Å²) in [5.74, 6) is 0. The molecule has 0 aliphatic rings. The van der Waals surface area contributed by atoms with Gasteiger partial charge in [-0.1, -0.05) is 42.6 Å². The van der Waals surface area contributed by atoms with Gasteiger partial charge in [0.15, 0.2) is 0 Å². The summed E-state index contributed by atoms with van der Waals surface area (Å²) in [5, 5.41) is 15.2. The van der Waals surface area contributed by atoms with Gasteiger partial charge in [0.1, 0.15) is 0 Å². The molecule has 0 bridgehead atoms. The molecule has 0 aliphatic carbocycles. The van der Waals surface area contributed by atoms with Crippen LogP contribution in [0.25, 0.3) is 0 Å². The molecule has 0 fully saturated rings. The molecule has 0 saturated carbocycles. The Morgan fingerprint density at radius 3 is 2.20 bits per heavy atom. The fourth-order valence-electron chi connectivity index (χ4n) is 0.984. The monoisotopic (exact) mass is 250 g/mol. The highest BCUT2D eigenvalue weighted by molar-refractivity contribution is 6.42. The Bertz CT molecular complexity index is 322. The fourth-order valence-corrected chi connectivity index (χ4v) is 1.30. The molecule has 3 nitrogen and oxygen atoms in total. The van der Waals surface area contributed by atoms with E-state index in [1.807, 2.05) is 18.2 Å². The fraction of sp³-hybridized carbons (Fsp3) is 0.300. The molecular weight excluding hydrogens is 239 g/mol. The van der Waals surface area contributed by atoms with Gasteiger partial charge in [0, 0.05) is 0 Å². The molecule has 1 aromatic carbocycles. The van der Waals surface area contributed by atoms with Crippen molar-refractivity contribution in [3.63, 3.8) is 0 Å². The van der Waals surface area contributed by atoms with E-state index < -0.39 is 6.16 Å². The van der Waals surface area contributed by atoms with Gasteiger partial charge in [-0.05, 0) is 24.1 Å². The minimum atomic E-state index is -1.83. The van der Waals surface area contributed by atoms with Crippen LogP contribution >= 0.6 is 23.2 Å². The highest BCUT2D eigenvalue weighted by Crippen LogP contribution is 2.22. The van der Waals surface area contributed by atoms with Crippen molar-refractivity contribution in [3.8, 4) is 0 Å². The van der Waals surface area contributed by atoms with Crippen LogP contribution in [0.1, 0.15) is 18.9 Å². The number of carbonyl (C=O) groups is 1. The molecule has 0 radical (unpaired) electrons. The quantitative estimate of drug-likeness (QED) is 0.829. The van der Waals surface area contributed by atoms with Crippen LogP contribution in [0.5, 0.6) is 0 Å². The van der Waals surface area contributed by atoms with E-state index in [-0.39, 0.29) is 0 Å². The summed E-state index contributed by atoms with van der Waals surface area (Å²) in [4.78, 5) is 8.56. The number of aryl methyl sites for hydroxylation is 1. The van der Waals surface area contributed by atoms with Crippen LogP contribution in [0.3, 0.4) is 0 Å². The second kappa shape index (κ2) is 7.37. The summed E-state index contributed by atoms with van der Waals surface area (Å²) in [5.41, 5.74) is 1.25. The molecule has 1 rings (SSSR count). The van der Waals surface area contributed by atoms with Gasteiger partial charge in [0.25, 0.3) is 0 Å². The summed E-state index contributed by atoms with van der Waals surface area (Å²) in [6, 6.07) is 5.78. The van der Waals surface area contributed by atoms with Crippen molar-refractivity contribution in [1.82, 2.24) is 0 Å². The Hall–Kier alpha value is -0.930. The van der Waals surface area contributed by atoms with E-state index in [1.54, 1.807) is 0 Å². The number of carboxylic acid groups (broad SMARTS) is 2. The summed E-state index contributed by atoms with van der Waals surface area (Å²) in [7, 11) is 0. The average molecular weight is 251 g/mol. The lowest BCUT2D eigenvalue weighted by Gasteiger charge is -1.99. The number of rotatable bonds is 2. The molecule has 0 aliphatic heterocycles. The molecule has 1 aromatic rings. The molecular formula is C10H12Cl2O3. The first-order valence-electron chi connectivity index (χ1n) is 4.33. The Labute approximate surface area is 98.3 Å². The zero-order valence-corrected chi connectivity index (χ0v) is 9.72. The van der Waals surface area contributed by atoms with Gasteiger partial charge in [-0.3, -0.25) is 0 Å². The minimum Gasteiger partial charge on any atom is -0.450 e. The van der Waals surface area contributed by atoms with Crippen LogP contribution < -0.4 is 0 Å². The minimum absolute atomic E-state index is 0.631. The SMILES string of the molecule is CCCc1ccc(Cl)c(Cl)c1.O=C(O)O. The third-order valence-electron chi connectivity index (χ3n) is 1.52. The summed E-state index contributed by atoms with van der Waals surface area (Å²) in [6.45, 7) is 2.14. The van der Waals surface area contributed by atoms with Crippen molar-refractivity contribution in [2.45, 2.75) is 19.8 Å². The molecule has 15 heavy (non-hydrogen) atoms. The summed E-state index contributed by atoms with van der Waals surface area (Å²) < 4.78 is 0. The van der Waals surface area contributed by atoms with E-state index in [2.05, 4.69) is 6.92 Å². The second-order valence-electron chi connectivity index (χ2n) is 2.78. The van der Waals surface area contributed by atoms with Gasteiger partial charge < -0.3 is 10.2 Å². The van der Waals surface area contributed by atoms with Gasteiger partial charge >= 0.3 is 6.16 Å². The van der Waals surface area contributed by atoms with E-state index in [4.69, 9.17) is 38.2 Å². The highest BCUT2D eigenvalue weighted by atomic mass is 35.5. The molecule has 5 heteroatoms. The Balaban J connectivity index is 0.000000423. The summed E-state index contributed by atoms with van der Waals surface area (Å²) >= 11 is 11.6. The lowest BCUT2D eigenvalue weighted by atomic mass is 10.1. The van der Waals surface area contributed by atoms with Crippen molar-refractivity contribution in [2.75, 3.05) is 0 Å². The molecule has 0 aromatic heterocycles. The highest BCUT2D eigenvalue weighted by Gasteiger charge is 1.97. The Morgan fingerprint density at radius 1 is 1.27 bits per heavy atom. The summed E-state index contributed by atoms with van der Waals surface area (Å²) in [6.07, 6.45) is 0.370.